The molecule has 1 aliphatic heterocycles. The van der Waals surface area contributed by atoms with Crippen LogP contribution >= 0.6 is 0 Å². The molecule has 1 aliphatic rings. The number of rotatable bonds is 4. The Hall–Kier alpha value is -0.570. The fourth-order valence-electron chi connectivity index (χ4n) is 2.04. The molecular weight excluding hydrogens is 212 g/mol. The summed E-state index contributed by atoms with van der Waals surface area (Å²) in [4.78, 5) is 11.8. The van der Waals surface area contributed by atoms with Crippen molar-refractivity contribution in [1.82, 2.24) is 10.6 Å². The standard InChI is InChI=1S/C14H28N2O/c1-11(14(2,3)4)16-13(17)8-7-12-6-5-9-15-10-12/h11-12,15H,5-10H2,1-4H3,(H,16,17). The van der Waals surface area contributed by atoms with Crippen LogP contribution in [0.25, 0.3) is 0 Å². The first kappa shape index (κ1) is 14.5. The zero-order chi connectivity index (χ0) is 12.9. The van der Waals surface area contributed by atoms with Crippen molar-refractivity contribution in [3.8, 4) is 0 Å². The Kier molecular flexibility index (Phi) is 5.44. The minimum absolute atomic E-state index is 0.141. The Morgan fingerprint density at radius 3 is 2.71 bits per heavy atom. The lowest BCUT2D eigenvalue weighted by Gasteiger charge is -2.28. The molecule has 17 heavy (non-hydrogen) atoms. The molecule has 1 saturated heterocycles. The van der Waals surface area contributed by atoms with Crippen LogP contribution in [0.1, 0.15) is 53.4 Å². The van der Waals surface area contributed by atoms with E-state index in [0.717, 1.165) is 19.5 Å². The van der Waals surface area contributed by atoms with Gasteiger partial charge in [0.2, 0.25) is 5.91 Å². The van der Waals surface area contributed by atoms with E-state index < -0.39 is 0 Å². The maximum absolute atomic E-state index is 11.8. The average Bonchev–Trinajstić information content (AvgIpc) is 2.26. The Bertz CT molecular complexity index is 239. The highest BCUT2D eigenvalue weighted by molar-refractivity contribution is 5.76. The van der Waals surface area contributed by atoms with Crippen molar-refractivity contribution in [2.24, 2.45) is 11.3 Å². The lowest BCUT2D eigenvalue weighted by molar-refractivity contribution is -0.122. The summed E-state index contributed by atoms with van der Waals surface area (Å²) in [5.41, 5.74) is 0.141. The van der Waals surface area contributed by atoms with Crippen LogP contribution < -0.4 is 10.6 Å². The van der Waals surface area contributed by atoms with Crippen LogP contribution in [-0.4, -0.2) is 25.0 Å². The molecule has 1 amide bonds. The zero-order valence-corrected chi connectivity index (χ0v) is 11.8. The van der Waals surface area contributed by atoms with Crippen LogP contribution in [0.5, 0.6) is 0 Å². The van der Waals surface area contributed by atoms with E-state index >= 15 is 0 Å². The van der Waals surface area contributed by atoms with Gasteiger partial charge in [-0.1, -0.05) is 20.8 Å². The molecule has 0 aromatic heterocycles. The Balaban J connectivity index is 2.20. The largest absolute Gasteiger partial charge is 0.353 e. The molecule has 2 atom stereocenters. The van der Waals surface area contributed by atoms with Gasteiger partial charge in [0.05, 0.1) is 0 Å². The topological polar surface area (TPSA) is 41.1 Å². The molecule has 0 spiro atoms. The quantitative estimate of drug-likeness (QED) is 0.792. The number of nitrogens with one attached hydrogen (secondary N) is 2. The van der Waals surface area contributed by atoms with Crippen molar-refractivity contribution in [3.63, 3.8) is 0 Å². The van der Waals surface area contributed by atoms with Gasteiger partial charge in [0.15, 0.2) is 0 Å². The van der Waals surface area contributed by atoms with Crippen LogP contribution in [-0.2, 0) is 4.79 Å². The van der Waals surface area contributed by atoms with Crippen LogP contribution in [0.2, 0.25) is 0 Å². The summed E-state index contributed by atoms with van der Waals surface area (Å²) >= 11 is 0. The number of carbonyl (C=O) groups excluding carboxylic acids is 1. The molecular formula is C14H28N2O. The molecule has 2 N–H and O–H groups in total. The molecule has 0 aromatic rings. The van der Waals surface area contributed by atoms with Gasteiger partial charge in [-0.25, -0.2) is 0 Å². The van der Waals surface area contributed by atoms with Crippen molar-refractivity contribution < 1.29 is 4.79 Å². The molecule has 2 unspecified atom stereocenters. The van der Waals surface area contributed by atoms with Gasteiger partial charge in [-0.15, -0.1) is 0 Å². The number of hydrogen-bond donors (Lipinski definition) is 2. The lowest BCUT2D eigenvalue weighted by Crippen LogP contribution is -2.41. The molecule has 0 saturated carbocycles. The monoisotopic (exact) mass is 240 g/mol. The molecule has 1 rings (SSSR count). The third-order valence-electron chi connectivity index (χ3n) is 3.86. The first-order chi connectivity index (χ1) is 7.89. The van der Waals surface area contributed by atoms with Gasteiger partial charge in [-0.2, -0.15) is 0 Å². The highest BCUT2D eigenvalue weighted by Crippen LogP contribution is 2.19. The fourth-order valence-corrected chi connectivity index (χ4v) is 2.04. The summed E-state index contributed by atoms with van der Waals surface area (Å²) in [6.07, 6.45) is 4.22. The Morgan fingerprint density at radius 1 is 1.47 bits per heavy atom. The zero-order valence-electron chi connectivity index (χ0n) is 11.8. The molecule has 0 aromatic carbocycles. The summed E-state index contributed by atoms with van der Waals surface area (Å²) < 4.78 is 0. The number of piperidine rings is 1. The molecule has 3 heteroatoms. The van der Waals surface area contributed by atoms with E-state index in [0.29, 0.717) is 12.3 Å². The van der Waals surface area contributed by atoms with Gasteiger partial charge in [0.25, 0.3) is 0 Å². The summed E-state index contributed by atoms with van der Waals surface area (Å²) in [5.74, 6) is 0.900. The summed E-state index contributed by atoms with van der Waals surface area (Å²) in [6.45, 7) is 10.8. The minimum Gasteiger partial charge on any atom is -0.353 e. The Labute approximate surface area is 106 Å². The number of amides is 1. The third kappa shape index (κ3) is 5.53. The van der Waals surface area contributed by atoms with E-state index in [1.165, 1.54) is 12.8 Å². The van der Waals surface area contributed by atoms with E-state index in [-0.39, 0.29) is 17.4 Å². The second-order valence-electron chi connectivity index (χ2n) is 6.41. The maximum atomic E-state index is 11.8. The lowest BCUT2D eigenvalue weighted by atomic mass is 9.88. The van der Waals surface area contributed by atoms with Crippen molar-refractivity contribution in [1.29, 1.82) is 0 Å². The fraction of sp³-hybridized carbons (Fsp3) is 0.929. The van der Waals surface area contributed by atoms with Crippen molar-refractivity contribution >= 4 is 5.91 Å². The normalized spacial score (nSPS) is 23.2. The van der Waals surface area contributed by atoms with Crippen molar-refractivity contribution in [2.75, 3.05) is 13.1 Å². The highest BCUT2D eigenvalue weighted by Gasteiger charge is 2.22. The number of carbonyl (C=O) groups is 1. The van der Waals surface area contributed by atoms with E-state index in [4.69, 9.17) is 0 Å². The number of hydrogen-bond acceptors (Lipinski definition) is 2. The van der Waals surface area contributed by atoms with E-state index in [2.05, 4.69) is 38.3 Å². The van der Waals surface area contributed by atoms with Gasteiger partial charge < -0.3 is 10.6 Å². The maximum Gasteiger partial charge on any atom is 0.220 e. The summed E-state index contributed by atoms with van der Waals surface area (Å²) in [7, 11) is 0. The van der Waals surface area contributed by atoms with Gasteiger partial charge in [-0.05, 0) is 50.6 Å². The second-order valence-corrected chi connectivity index (χ2v) is 6.41. The van der Waals surface area contributed by atoms with Gasteiger partial charge in [0.1, 0.15) is 0 Å². The predicted octanol–water partition coefficient (Wildman–Crippen LogP) is 2.32. The minimum atomic E-state index is 0.141. The third-order valence-corrected chi connectivity index (χ3v) is 3.86. The molecule has 0 radical (unpaired) electrons. The Morgan fingerprint density at radius 2 is 2.18 bits per heavy atom. The summed E-state index contributed by atoms with van der Waals surface area (Å²) in [5, 5.41) is 6.49. The van der Waals surface area contributed by atoms with Crippen LogP contribution in [0.15, 0.2) is 0 Å². The van der Waals surface area contributed by atoms with Crippen LogP contribution in [0.4, 0.5) is 0 Å². The first-order valence-electron chi connectivity index (χ1n) is 6.89. The summed E-state index contributed by atoms with van der Waals surface area (Å²) in [6, 6.07) is 0.236. The van der Waals surface area contributed by atoms with E-state index in [1.54, 1.807) is 0 Å². The second kappa shape index (κ2) is 6.39. The molecule has 3 nitrogen and oxygen atoms in total. The molecule has 1 fully saturated rings. The van der Waals surface area contributed by atoms with Crippen LogP contribution in [0.3, 0.4) is 0 Å². The van der Waals surface area contributed by atoms with E-state index in [1.807, 2.05) is 0 Å². The molecule has 100 valence electrons. The highest BCUT2D eigenvalue weighted by atomic mass is 16.1. The van der Waals surface area contributed by atoms with Crippen molar-refractivity contribution in [3.05, 3.63) is 0 Å². The molecule has 0 bridgehead atoms. The predicted molar refractivity (Wildman–Crippen MR) is 71.9 cm³/mol. The van der Waals surface area contributed by atoms with Crippen molar-refractivity contribution in [2.45, 2.75) is 59.4 Å². The SMILES string of the molecule is CC(NC(=O)CCC1CCCNC1)C(C)(C)C. The first-order valence-corrected chi connectivity index (χ1v) is 6.89. The molecule has 1 heterocycles. The van der Waals surface area contributed by atoms with Gasteiger partial charge in [-0.3, -0.25) is 4.79 Å². The van der Waals surface area contributed by atoms with E-state index in [9.17, 15) is 4.79 Å². The molecule has 0 aliphatic carbocycles. The van der Waals surface area contributed by atoms with Gasteiger partial charge in [0, 0.05) is 12.5 Å². The smallest absolute Gasteiger partial charge is 0.220 e. The van der Waals surface area contributed by atoms with Crippen LogP contribution in [0, 0.1) is 11.3 Å². The van der Waals surface area contributed by atoms with Gasteiger partial charge >= 0.3 is 0 Å². The average molecular weight is 240 g/mol.